The molecular formula is C16H2Ca3O12. The summed E-state index contributed by atoms with van der Waals surface area (Å²) in [5.74, 6) is -14.0. The molecule has 2 aromatic rings. The normalized spacial score (nSPS) is 9.42. The van der Waals surface area contributed by atoms with Crippen molar-refractivity contribution in [3.63, 3.8) is 0 Å². The topological polar surface area (TPSA) is 241 Å². The number of benzene rings is 2. The van der Waals surface area contributed by atoms with E-state index in [0.717, 1.165) is 0 Å². The molecule has 15 heteroatoms. The number of carboxylic acid groups (broad SMARTS) is 6. The van der Waals surface area contributed by atoms with Crippen molar-refractivity contribution in [2.75, 3.05) is 0 Å². The van der Waals surface area contributed by atoms with Gasteiger partial charge in [-0.15, -0.1) is 0 Å². The van der Waals surface area contributed by atoms with Crippen molar-refractivity contribution in [2.24, 2.45) is 0 Å². The average Bonchev–Trinajstić information content (AvgIpc) is 2.57. The molecule has 0 aliphatic rings. The first-order valence-corrected chi connectivity index (χ1v) is 6.85. The Balaban J connectivity index is 0. The number of hydrogen-bond donors (Lipinski definition) is 0. The molecule has 144 valence electrons. The third kappa shape index (κ3) is 6.21. The van der Waals surface area contributed by atoms with Crippen LogP contribution >= 0.6 is 0 Å². The van der Waals surface area contributed by atoms with Crippen LogP contribution in [-0.2, 0) is 0 Å². The number of carbonyl (C=O) groups excluding carboxylic acids is 6. The average molecular weight is 506 g/mol. The maximum atomic E-state index is 11.4. The zero-order valence-electron chi connectivity index (χ0n) is 15.2. The molecule has 0 saturated carbocycles. The third-order valence-electron chi connectivity index (χ3n) is 3.70. The molecule has 0 saturated heterocycles. The monoisotopic (exact) mass is 506 g/mol. The number of hydrogen-bond acceptors (Lipinski definition) is 12. The van der Waals surface area contributed by atoms with Crippen molar-refractivity contribution in [3.05, 3.63) is 45.5 Å². The van der Waals surface area contributed by atoms with Crippen LogP contribution in [0.15, 0.2) is 12.1 Å². The molecule has 12 nitrogen and oxygen atoms in total. The molecule has 2 rings (SSSR count). The number of carbonyl (C=O) groups is 6. The van der Waals surface area contributed by atoms with Gasteiger partial charge in [-0.25, -0.2) is 0 Å². The summed E-state index contributed by atoms with van der Waals surface area (Å²) < 4.78 is 0. The van der Waals surface area contributed by atoms with E-state index in [1.807, 2.05) is 0 Å². The van der Waals surface area contributed by atoms with Crippen LogP contribution < -0.4 is 30.6 Å². The van der Waals surface area contributed by atoms with E-state index in [2.05, 4.69) is 0 Å². The van der Waals surface area contributed by atoms with E-state index in [-0.39, 0.29) is 125 Å². The first kappa shape index (κ1) is 32.5. The van der Waals surface area contributed by atoms with Gasteiger partial charge in [0.2, 0.25) is 0 Å². The van der Waals surface area contributed by atoms with Crippen molar-refractivity contribution < 1.29 is 59.4 Å². The molecule has 0 N–H and O–H groups in total. The van der Waals surface area contributed by atoms with Crippen molar-refractivity contribution in [1.82, 2.24) is 0 Å². The minimum atomic E-state index is -2.47. The van der Waals surface area contributed by atoms with Gasteiger partial charge >= 0.3 is 113 Å². The zero-order chi connectivity index (χ0) is 21.5. The summed E-state index contributed by atoms with van der Waals surface area (Å²) in [4.78, 5) is 67.8. The van der Waals surface area contributed by atoms with E-state index in [0.29, 0.717) is 0 Å². The first-order valence-electron chi connectivity index (χ1n) is 6.85. The predicted molar refractivity (Wildman–Crippen MR) is 87.2 cm³/mol. The van der Waals surface area contributed by atoms with Gasteiger partial charge in [-0.2, -0.15) is 0 Å². The summed E-state index contributed by atoms with van der Waals surface area (Å²) in [6.07, 6.45) is 0. The Morgan fingerprint density at radius 3 is 0.806 bits per heavy atom. The molecule has 2 aromatic carbocycles. The Morgan fingerprint density at radius 1 is 0.419 bits per heavy atom. The van der Waals surface area contributed by atoms with Crippen LogP contribution in [0.2, 0.25) is 0 Å². The number of fused-ring (bicyclic) bond motifs is 1. The molecule has 0 aliphatic carbocycles. The van der Waals surface area contributed by atoms with Gasteiger partial charge < -0.3 is 59.4 Å². The van der Waals surface area contributed by atoms with Crippen LogP contribution in [0.5, 0.6) is 0 Å². The Hall–Kier alpha value is -0.701. The molecule has 0 fully saturated rings. The Kier molecular flexibility index (Phi) is 13.1. The summed E-state index contributed by atoms with van der Waals surface area (Å²) in [5, 5.41) is 65.8. The smallest absolute Gasteiger partial charge is 0.545 e. The van der Waals surface area contributed by atoms with Crippen molar-refractivity contribution >= 4 is 160 Å². The fourth-order valence-electron chi connectivity index (χ4n) is 2.70. The number of rotatable bonds is 6. The SMILES string of the molecule is O=C([O-])c1cc2c(C(=O)[O-])c(C(=O)[O-])c(C(=O)[O-])c(C(=O)[O-])c2cc1C(=O)[O-].[Ca+2].[Ca+2].[Ca+2]. The Bertz CT molecular complexity index is 1050. The summed E-state index contributed by atoms with van der Waals surface area (Å²) in [6.45, 7) is 0. The molecule has 0 unspecified atom stereocenters. The molecule has 0 atom stereocenters. The third-order valence-corrected chi connectivity index (χ3v) is 3.70. The van der Waals surface area contributed by atoms with Crippen LogP contribution in [-0.4, -0.2) is 149 Å². The van der Waals surface area contributed by atoms with Gasteiger partial charge in [0.15, 0.2) is 0 Å². The van der Waals surface area contributed by atoms with Gasteiger partial charge in [0.1, 0.15) is 0 Å². The second-order valence-corrected chi connectivity index (χ2v) is 5.17. The number of carboxylic acids is 6. The molecule has 0 aromatic heterocycles. The van der Waals surface area contributed by atoms with Crippen molar-refractivity contribution in [3.8, 4) is 0 Å². The Labute approximate surface area is 260 Å². The standard InChI is InChI=1S/C16H8O12.3Ca/c17-11(18)5-1-3-4(2-6(5)12(19)20)8(14(23)24)10(16(27)28)9(15(25)26)7(3)13(21)22;;;/h1-2H,(H,17,18)(H,19,20)(H,21,22)(H,23,24)(H,25,26)(H,27,28);;;/q;3*+2/p-6. The maximum absolute atomic E-state index is 11.4. The molecule has 0 amide bonds. The molecule has 31 heavy (non-hydrogen) atoms. The molecule has 0 heterocycles. The molecule has 0 aliphatic heterocycles. The second-order valence-electron chi connectivity index (χ2n) is 5.17. The maximum Gasteiger partial charge on any atom is 2.00 e. The van der Waals surface area contributed by atoms with E-state index < -0.39 is 80.0 Å². The molecular weight excluding hydrogens is 504 g/mol. The summed E-state index contributed by atoms with van der Waals surface area (Å²) >= 11 is 0. The van der Waals surface area contributed by atoms with Crippen molar-refractivity contribution in [2.45, 2.75) is 0 Å². The van der Waals surface area contributed by atoms with Gasteiger partial charge in [0, 0.05) is 33.4 Å². The van der Waals surface area contributed by atoms with Crippen LogP contribution in [0.1, 0.15) is 62.1 Å². The van der Waals surface area contributed by atoms with Crippen LogP contribution in [0.3, 0.4) is 0 Å². The number of aromatic carboxylic acids is 6. The Morgan fingerprint density at radius 2 is 0.645 bits per heavy atom. The van der Waals surface area contributed by atoms with Crippen molar-refractivity contribution in [1.29, 1.82) is 0 Å². The summed E-state index contributed by atoms with van der Waals surface area (Å²) in [7, 11) is 0. The van der Waals surface area contributed by atoms with E-state index in [9.17, 15) is 59.4 Å². The van der Waals surface area contributed by atoms with Crippen LogP contribution in [0, 0.1) is 0 Å². The minimum absolute atomic E-state index is 0. The van der Waals surface area contributed by atoms with Gasteiger partial charge in [-0.3, -0.25) is 0 Å². The van der Waals surface area contributed by atoms with E-state index in [1.54, 1.807) is 0 Å². The summed E-state index contributed by atoms with van der Waals surface area (Å²) in [5.41, 5.74) is -8.76. The van der Waals surface area contributed by atoms with E-state index in [4.69, 9.17) is 0 Å². The molecule has 0 spiro atoms. The van der Waals surface area contributed by atoms with Gasteiger partial charge in [-0.05, 0) is 22.9 Å². The van der Waals surface area contributed by atoms with E-state index in [1.165, 1.54) is 0 Å². The second kappa shape index (κ2) is 12.5. The minimum Gasteiger partial charge on any atom is -0.545 e. The van der Waals surface area contributed by atoms with E-state index >= 15 is 0 Å². The largest absolute Gasteiger partial charge is 2.00 e. The molecule has 0 radical (unpaired) electrons. The van der Waals surface area contributed by atoms with Gasteiger partial charge in [-0.1, -0.05) is 0 Å². The first-order chi connectivity index (χ1) is 12.9. The molecule has 0 bridgehead atoms. The fraction of sp³-hybridized carbons (Fsp3) is 0. The fourth-order valence-corrected chi connectivity index (χ4v) is 2.70. The quantitative estimate of drug-likeness (QED) is 0.332. The van der Waals surface area contributed by atoms with Gasteiger partial charge in [0.25, 0.3) is 0 Å². The predicted octanol–water partition coefficient (Wildman–Crippen LogP) is -8.12. The van der Waals surface area contributed by atoms with Gasteiger partial charge in [0.05, 0.1) is 35.8 Å². The van der Waals surface area contributed by atoms with Crippen LogP contribution in [0.25, 0.3) is 10.8 Å². The zero-order valence-corrected chi connectivity index (χ0v) is 21.8. The summed E-state index contributed by atoms with van der Waals surface area (Å²) in [6, 6.07) is 0.526. The van der Waals surface area contributed by atoms with Crippen LogP contribution in [0.4, 0.5) is 0 Å².